The number of ketones is 1. The Hall–Kier alpha value is -2.17. The monoisotopic (exact) mass is 290 g/mol. The minimum Gasteiger partial charge on any atom is -0.484 e. The number of benzene rings is 1. The molecule has 0 aliphatic rings. The third kappa shape index (κ3) is 3.48. The standard InChI is InChI=1S/C16H19FN2O2/c1-4-13-9-14(19(5-2)18-13)10-21-16-7-6-12(11(3)20)8-15(16)17/h6-9H,4-5,10H2,1-3H3. The van der Waals surface area contributed by atoms with Crippen LogP contribution in [0.25, 0.3) is 0 Å². The van der Waals surface area contributed by atoms with Crippen molar-refractivity contribution in [3.63, 3.8) is 0 Å². The molecule has 0 unspecified atom stereocenters. The Kier molecular flexibility index (Phi) is 4.73. The van der Waals surface area contributed by atoms with E-state index < -0.39 is 5.82 Å². The second kappa shape index (κ2) is 6.52. The Balaban J connectivity index is 2.13. The van der Waals surface area contributed by atoms with Gasteiger partial charge in [0.15, 0.2) is 17.3 Å². The molecule has 0 saturated heterocycles. The van der Waals surface area contributed by atoms with Crippen LogP contribution in [0.2, 0.25) is 0 Å². The van der Waals surface area contributed by atoms with Crippen LogP contribution in [0.4, 0.5) is 4.39 Å². The smallest absolute Gasteiger partial charge is 0.165 e. The molecule has 0 radical (unpaired) electrons. The van der Waals surface area contributed by atoms with Gasteiger partial charge < -0.3 is 4.74 Å². The average Bonchev–Trinajstić information content (AvgIpc) is 2.88. The highest BCUT2D eigenvalue weighted by Crippen LogP contribution is 2.20. The Morgan fingerprint density at radius 3 is 2.67 bits per heavy atom. The minimum atomic E-state index is -0.527. The lowest BCUT2D eigenvalue weighted by Crippen LogP contribution is -2.07. The maximum Gasteiger partial charge on any atom is 0.165 e. The molecule has 2 aromatic rings. The highest BCUT2D eigenvalue weighted by atomic mass is 19.1. The van der Waals surface area contributed by atoms with Crippen molar-refractivity contribution in [2.45, 2.75) is 40.3 Å². The molecule has 4 nitrogen and oxygen atoms in total. The van der Waals surface area contributed by atoms with Gasteiger partial charge in [-0.15, -0.1) is 0 Å². The number of hydrogen-bond acceptors (Lipinski definition) is 3. The van der Waals surface area contributed by atoms with E-state index in [-0.39, 0.29) is 18.1 Å². The second-order valence-electron chi connectivity index (χ2n) is 4.79. The SMILES string of the molecule is CCc1cc(COc2ccc(C(C)=O)cc2F)n(CC)n1. The first-order chi connectivity index (χ1) is 10.0. The summed E-state index contributed by atoms with van der Waals surface area (Å²) in [6, 6.07) is 6.21. The summed E-state index contributed by atoms with van der Waals surface area (Å²) in [7, 11) is 0. The van der Waals surface area contributed by atoms with Crippen LogP contribution in [-0.4, -0.2) is 15.6 Å². The molecule has 0 bridgehead atoms. The first-order valence-electron chi connectivity index (χ1n) is 7.04. The van der Waals surface area contributed by atoms with Crippen LogP contribution in [0.15, 0.2) is 24.3 Å². The van der Waals surface area contributed by atoms with Crippen LogP contribution < -0.4 is 4.74 Å². The number of aromatic nitrogens is 2. The van der Waals surface area contributed by atoms with Gasteiger partial charge in [-0.3, -0.25) is 9.48 Å². The van der Waals surface area contributed by atoms with E-state index in [2.05, 4.69) is 5.10 Å². The molecule has 0 amide bonds. The van der Waals surface area contributed by atoms with Gasteiger partial charge in [-0.1, -0.05) is 6.92 Å². The Bertz CT molecular complexity index is 650. The molecule has 0 aliphatic carbocycles. The first kappa shape index (κ1) is 15.2. The summed E-state index contributed by atoms with van der Waals surface area (Å²) in [5.41, 5.74) is 2.24. The van der Waals surface area contributed by atoms with E-state index in [1.807, 2.05) is 24.6 Å². The Labute approximate surface area is 123 Å². The van der Waals surface area contributed by atoms with E-state index in [9.17, 15) is 9.18 Å². The van der Waals surface area contributed by atoms with Gasteiger partial charge in [0.2, 0.25) is 0 Å². The number of halogens is 1. The Morgan fingerprint density at radius 1 is 1.33 bits per heavy atom. The fourth-order valence-electron chi connectivity index (χ4n) is 2.07. The molecule has 0 N–H and O–H groups in total. The van der Waals surface area contributed by atoms with E-state index in [1.54, 1.807) is 6.07 Å². The lowest BCUT2D eigenvalue weighted by Gasteiger charge is -2.09. The molecule has 1 aromatic carbocycles. The highest BCUT2D eigenvalue weighted by molar-refractivity contribution is 5.94. The van der Waals surface area contributed by atoms with Crippen molar-refractivity contribution >= 4 is 5.78 Å². The lowest BCUT2D eigenvalue weighted by molar-refractivity contribution is 0.101. The molecule has 0 fully saturated rings. The maximum absolute atomic E-state index is 13.9. The van der Waals surface area contributed by atoms with Crippen LogP contribution in [-0.2, 0) is 19.6 Å². The van der Waals surface area contributed by atoms with E-state index in [0.717, 1.165) is 24.4 Å². The van der Waals surface area contributed by atoms with Crippen molar-refractivity contribution in [3.8, 4) is 5.75 Å². The topological polar surface area (TPSA) is 44.1 Å². The summed E-state index contributed by atoms with van der Waals surface area (Å²) in [5, 5.41) is 4.42. The van der Waals surface area contributed by atoms with E-state index in [0.29, 0.717) is 5.56 Å². The molecule has 0 aliphatic heterocycles. The Morgan fingerprint density at radius 2 is 2.10 bits per heavy atom. The molecule has 0 spiro atoms. The minimum absolute atomic E-state index is 0.141. The van der Waals surface area contributed by atoms with E-state index in [4.69, 9.17) is 4.74 Å². The third-order valence-electron chi connectivity index (χ3n) is 3.29. The molecule has 112 valence electrons. The first-order valence-corrected chi connectivity index (χ1v) is 7.04. The molecule has 21 heavy (non-hydrogen) atoms. The normalized spacial score (nSPS) is 10.7. The predicted molar refractivity (Wildman–Crippen MR) is 78.0 cm³/mol. The van der Waals surface area contributed by atoms with Crippen molar-refractivity contribution in [2.24, 2.45) is 0 Å². The zero-order chi connectivity index (χ0) is 15.4. The van der Waals surface area contributed by atoms with Crippen LogP contribution in [0.5, 0.6) is 5.75 Å². The second-order valence-corrected chi connectivity index (χ2v) is 4.79. The van der Waals surface area contributed by atoms with Crippen LogP contribution in [0.3, 0.4) is 0 Å². The highest BCUT2D eigenvalue weighted by Gasteiger charge is 2.10. The fraction of sp³-hybridized carbons (Fsp3) is 0.375. The van der Waals surface area contributed by atoms with Gasteiger partial charge in [-0.2, -0.15) is 5.10 Å². The van der Waals surface area contributed by atoms with Gasteiger partial charge in [0.1, 0.15) is 6.61 Å². The number of ether oxygens (including phenoxy) is 1. The van der Waals surface area contributed by atoms with Crippen LogP contribution >= 0.6 is 0 Å². The third-order valence-corrected chi connectivity index (χ3v) is 3.29. The van der Waals surface area contributed by atoms with Crippen molar-refractivity contribution in [1.29, 1.82) is 0 Å². The van der Waals surface area contributed by atoms with Gasteiger partial charge in [0.25, 0.3) is 0 Å². The average molecular weight is 290 g/mol. The summed E-state index contributed by atoms with van der Waals surface area (Å²) in [5.74, 6) is -0.556. The van der Waals surface area contributed by atoms with Crippen LogP contribution in [0, 0.1) is 5.82 Å². The molecule has 1 aromatic heterocycles. The number of rotatable bonds is 6. The largest absolute Gasteiger partial charge is 0.484 e. The summed E-state index contributed by atoms with van der Waals surface area (Å²) in [6.07, 6.45) is 0.849. The summed E-state index contributed by atoms with van der Waals surface area (Å²) >= 11 is 0. The summed E-state index contributed by atoms with van der Waals surface area (Å²) in [4.78, 5) is 11.2. The molecule has 1 heterocycles. The maximum atomic E-state index is 13.9. The summed E-state index contributed by atoms with van der Waals surface area (Å²) in [6.45, 7) is 6.42. The van der Waals surface area contributed by atoms with Gasteiger partial charge in [0, 0.05) is 12.1 Å². The number of carbonyl (C=O) groups is 1. The van der Waals surface area contributed by atoms with Crippen molar-refractivity contribution in [2.75, 3.05) is 0 Å². The van der Waals surface area contributed by atoms with Crippen molar-refractivity contribution < 1.29 is 13.9 Å². The molecule has 0 atom stereocenters. The summed E-state index contributed by atoms with van der Waals surface area (Å²) < 4.78 is 21.2. The molecular formula is C16H19FN2O2. The lowest BCUT2D eigenvalue weighted by atomic mass is 10.1. The van der Waals surface area contributed by atoms with Crippen LogP contribution in [0.1, 0.15) is 42.5 Å². The van der Waals surface area contributed by atoms with E-state index in [1.165, 1.54) is 19.1 Å². The number of aryl methyl sites for hydroxylation is 2. The van der Waals surface area contributed by atoms with E-state index >= 15 is 0 Å². The van der Waals surface area contributed by atoms with Gasteiger partial charge in [-0.25, -0.2) is 4.39 Å². The van der Waals surface area contributed by atoms with Gasteiger partial charge in [0.05, 0.1) is 11.4 Å². The molecule has 0 saturated carbocycles. The predicted octanol–water partition coefficient (Wildman–Crippen LogP) is 3.39. The number of carbonyl (C=O) groups excluding carboxylic acids is 1. The van der Waals surface area contributed by atoms with Gasteiger partial charge in [-0.05, 0) is 44.5 Å². The zero-order valence-electron chi connectivity index (χ0n) is 12.5. The fourth-order valence-corrected chi connectivity index (χ4v) is 2.07. The molecule has 2 rings (SSSR count). The zero-order valence-corrected chi connectivity index (χ0v) is 12.5. The number of nitrogens with zero attached hydrogens (tertiary/aromatic N) is 2. The number of hydrogen-bond donors (Lipinski definition) is 0. The van der Waals surface area contributed by atoms with Crippen molar-refractivity contribution in [1.82, 2.24) is 9.78 Å². The van der Waals surface area contributed by atoms with Crippen molar-refractivity contribution in [3.05, 3.63) is 47.0 Å². The molecular weight excluding hydrogens is 271 g/mol. The molecule has 5 heteroatoms. The number of Topliss-reactive ketones (excluding diaryl/α,β-unsaturated/α-hetero) is 1. The van der Waals surface area contributed by atoms with Gasteiger partial charge >= 0.3 is 0 Å². The quantitative estimate of drug-likeness (QED) is 0.766.